The van der Waals surface area contributed by atoms with Crippen LogP contribution in [0, 0.1) is 22.7 Å². The SMILES string of the molecule is CNC(=O)C1CN(C(=O)CCn2cccn2)CC12CCN(c1ccc(C#N)c(C(F)(F)F)c1)CC2. The molecule has 35 heavy (non-hydrogen) atoms. The largest absolute Gasteiger partial charge is 0.417 e. The van der Waals surface area contributed by atoms with E-state index in [1.807, 2.05) is 4.90 Å². The van der Waals surface area contributed by atoms with E-state index < -0.39 is 22.7 Å². The number of piperidine rings is 1. The van der Waals surface area contributed by atoms with E-state index in [1.165, 1.54) is 12.1 Å². The van der Waals surface area contributed by atoms with Crippen LogP contribution in [-0.4, -0.2) is 59.7 Å². The number of carbonyl (C=O) groups is 2. The molecule has 0 bridgehead atoms. The van der Waals surface area contributed by atoms with E-state index in [4.69, 9.17) is 5.26 Å². The van der Waals surface area contributed by atoms with E-state index >= 15 is 0 Å². The second-order valence-electron chi connectivity index (χ2n) is 9.15. The number of carbonyl (C=O) groups excluding carboxylic acids is 2. The zero-order chi connectivity index (χ0) is 25.2. The Kier molecular flexibility index (Phi) is 6.74. The Morgan fingerprint density at radius 3 is 2.63 bits per heavy atom. The molecule has 3 heterocycles. The normalized spacial score (nSPS) is 19.6. The van der Waals surface area contributed by atoms with Gasteiger partial charge in [-0.3, -0.25) is 14.3 Å². The molecule has 4 rings (SSSR count). The highest BCUT2D eigenvalue weighted by atomic mass is 19.4. The van der Waals surface area contributed by atoms with E-state index in [9.17, 15) is 22.8 Å². The van der Waals surface area contributed by atoms with Gasteiger partial charge in [0.2, 0.25) is 11.8 Å². The molecule has 1 unspecified atom stereocenters. The molecule has 0 aliphatic carbocycles. The lowest BCUT2D eigenvalue weighted by molar-refractivity contribution is -0.137. The van der Waals surface area contributed by atoms with Crippen molar-refractivity contribution in [3.05, 3.63) is 47.8 Å². The standard InChI is InChI=1S/C24H27F3N6O2/c1-29-22(35)20-15-32(21(34)5-10-33-9-2-8-30-33)16-23(20)6-11-31(12-7-23)18-4-3-17(14-28)19(13-18)24(25,26)27/h2-4,8-9,13,20H,5-7,10-12,15-16H2,1H3,(H,29,35). The van der Waals surface area contributed by atoms with Gasteiger partial charge in [0.1, 0.15) is 0 Å². The summed E-state index contributed by atoms with van der Waals surface area (Å²) in [7, 11) is 1.57. The molecular weight excluding hydrogens is 461 g/mol. The first-order valence-corrected chi connectivity index (χ1v) is 11.5. The Morgan fingerprint density at radius 1 is 1.29 bits per heavy atom. The van der Waals surface area contributed by atoms with Crippen molar-refractivity contribution in [2.45, 2.75) is 32.0 Å². The molecule has 2 aliphatic heterocycles. The van der Waals surface area contributed by atoms with Crippen molar-refractivity contribution in [1.82, 2.24) is 20.0 Å². The van der Waals surface area contributed by atoms with Gasteiger partial charge in [0.15, 0.2) is 0 Å². The maximum atomic E-state index is 13.4. The fourth-order valence-electron chi connectivity index (χ4n) is 5.27. The molecule has 1 atom stereocenters. The highest BCUT2D eigenvalue weighted by Crippen LogP contribution is 2.46. The topological polar surface area (TPSA) is 94.3 Å². The minimum absolute atomic E-state index is 0.0457. The van der Waals surface area contributed by atoms with Gasteiger partial charge < -0.3 is 15.1 Å². The first-order chi connectivity index (χ1) is 16.7. The fourth-order valence-corrected chi connectivity index (χ4v) is 5.27. The number of nitrogens with one attached hydrogen (secondary N) is 1. The Labute approximate surface area is 201 Å². The van der Waals surface area contributed by atoms with Crippen molar-refractivity contribution in [3.8, 4) is 6.07 Å². The smallest absolute Gasteiger partial charge is 0.371 e. The van der Waals surface area contributed by atoms with Crippen molar-refractivity contribution < 1.29 is 22.8 Å². The second kappa shape index (κ2) is 9.60. The van der Waals surface area contributed by atoms with Gasteiger partial charge in [0.25, 0.3) is 0 Å². The van der Waals surface area contributed by atoms with Gasteiger partial charge in [-0.15, -0.1) is 0 Å². The Bertz CT molecular complexity index is 1120. The molecule has 1 aromatic heterocycles. The highest BCUT2D eigenvalue weighted by molar-refractivity contribution is 5.83. The van der Waals surface area contributed by atoms with E-state index in [1.54, 1.807) is 41.2 Å². The summed E-state index contributed by atoms with van der Waals surface area (Å²) < 4.78 is 41.9. The maximum Gasteiger partial charge on any atom is 0.417 e. The molecule has 1 aromatic carbocycles. The zero-order valence-electron chi connectivity index (χ0n) is 19.4. The Hall–Kier alpha value is -3.55. The number of amides is 2. The molecule has 1 N–H and O–H groups in total. The number of nitriles is 1. The van der Waals surface area contributed by atoms with Crippen LogP contribution in [0.2, 0.25) is 0 Å². The zero-order valence-corrected chi connectivity index (χ0v) is 19.4. The predicted molar refractivity (Wildman–Crippen MR) is 121 cm³/mol. The number of aromatic nitrogens is 2. The monoisotopic (exact) mass is 488 g/mol. The summed E-state index contributed by atoms with van der Waals surface area (Å²) in [5.41, 5.74) is -1.39. The Balaban J connectivity index is 1.48. The number of anilines is 1. The molecule has 2 aromatic rings. The van der Waals surface area contributed by atoms with Gasteiger partial charge in [-0.05, 0) is 37.1 Å². The molecule has 1 spiro atoms. The van der Waals surface area contributed by atoms with Gasteiger partial charge >= 0.3 is 6.18 Å². The van der Waals surface area contributed by atoms with Crippen molar-refractivity contribution in [1.29, 1.82) is 5.26 Å². The quantitative estimate of drug-likeness (QED) is 0.699. The van der Waals surface area contributed by atoms with E-state index in [0.29, 0.717) is 51.3 Å². The van der Waals surface area contributed by atoms with Crippen LogP contribution in [0.5, 0.6) is 0 Å². The van der Waals surface area contributed by atoms with E-state index in [-0.39, 0.29) is 24.2 Å². The number of hydrogen-bond acceptors (Lipinski definition) is 5. The fraction of sp³-hybridized carbons (Fsp3) is 0.500. The number of benzene rings is 1. The molecule has 11 heteroatoms. The number of hydrogen-bond donors (Lipinski definition) is 1. The van der Waals surface area contributed by atoms with Gasteiger partial charge in [-0.25, -0.2) is 0 Å². The van der Waals surface area contributed by atoms with Gasteiger partial charge in [0, 0.05) is 69.7 Å². The third-order valence-corrected chi connectivity index (χ3v) is 7.23. The third kappa shape index (κ3) is 4.97. The second-order valence-corrected chi connectivity index (χ2v) is 9.15. The van der Waals surface area contributed by atoms with Gasteiger partial charge in [-0.1, -0.05) is 0 Å². The lowest BCUT2D eigenvalue weighted by Crippen LogP contribution is -2.48. The molecule has 2 fully saturated rings. The number of likely N-dealkylation sites (tertiary alicyclic amines) is 1. The number of halogens is 3. The van der Waals surface area contributed by atoms with Crippen LogP contribution in [0.25, 0.3) is 0 Å². The maximum absolute atomic E-state index is 13.4. The minimum Gasteiger partial charge on any atom is -0.371 e. The van der Waals surface area contributed by atoms with E-state index in [0.717, 1.165) is 6.07 Å². The molecular formula is C24H27F3N6O2. The average molecular weight is 489 g/mol. The summed E-state index contributed by atoms with van der Waals surface area (Å²) in [6.07, 6.45) is 0.219. The number of nitrogens with zero attached hydrogens (tertiary/aromatic N) is 5. The number of rotatable bonds is 5. The molecule has 186 valence electrons. The summed E-state index contributed by atoms with van der Waals surface area (Å²) in [6, 6.07) is 7.14. The van der Waals surface area contributed by atoms with E-state index in [2.05, 4.69) is 10.4 Å². The van der Waals surface area contributed by atoms with Crippen LogP contribution in [0.3, 0.4) is 0 Å². The summed E-state index contributed by atoms with van der Waals surface area (Å²) in [6.45, 7) is 2.12. The molecule has 8 nitrogen and oxygen atoms in total. The summed E-state index contributed by atoms with van der Waals surface area (Å²) in [5, 5.41) is 15.9. The van der Waals surface area contributed by atoms with Crippen LogP contribution in [0.15, 0.2) is 36.7 Å². The van der Waals surface area contributed by atoms with Crippen LogP contribution in [0.1, 0.15) is 30.4 Å². The summed E-state index contributed by atoms with van der Waals surface area (Å²) in [5.74, 6) is -0.552. The molecule has 0 saturated carbocycles. The number of aryl methyl sites for hydroxylation is 1. The summed E-state index contributed by atoms with van der Waals surface area (Å²) in [4.78, 5) is 29.2. The first-order valence-electron chi connectivity index (χ1n) is 11.5. The van der Waals surface area contributed by atoms with Crippen LogP contribution in [-0.2, 0) is 22.3 Å². The average Bonchev–Trinajstić information content (AvgIpc) is 3.50. The van der Waals surface area contributed by atoms with Crippen LogP contribution >= 0.6 is 0 Å². The predicted octanol–water partition coefficient (Wildman–Crippen LogP) is 2.65. The lowest BCUT2D eigenvalue weighted by atomic mass is 9.70. The van der Waals surface area contributed by atoms with Crippen molar-refractivity contribution >= 4 is 17.5 Å². The van der Waals surface area contributed by atoms with Crippen molar-refractivity contribution in [2.24, 2.45) is 11.3 Å². The van der Waals surface area contributed by atoms with Gasteiger partial charge in [0.05, 0.1) is 23.1 Å². The minimum atomic E-state index is -4.62. The summed E-state index contributed by atoms with van der Waals surface area (Å²) >= 11 is 0. The molecule has 2 saturated heterocycles. The highest BCUT2D eigenvalue weighted by Gasteiger charge is 2.52. The van der Waals surface area contributed by atoms with Gasteiger partial charge in [-0.2, -0.15) is 23.5 Å². The van der Waals surface area contributed by atoms with Crippen molar-refractivity contribution in [2.75, 3.05) is 38.1 Å². The van der Waals surface area contributed by atoms with Crippen LogP contribution < -0.4 is 10.2 Å². The Morgan fingerprint density at radius 2 is 2.03 bits per heavy atom. The van der Waals surface area contributed by atoms with Crippen molar-refractivity contribution in [3.63, 3.8) is 0 Å². The van der Waals surface area contributed by atoms with Crippen LogP contribution in [0.4, 0.5) is 18.9 Å². The molecule has 0 radical (unpaired) electrons. The molecule has 2 amide bonds. The third-order valence-electron chi connectivity index (χ3n) is 7.23. The first kappa shape index (κ1) is 24.6. The number of alkyl halides is 3. The molecule has 2 aliphatic rings. The lowest BCUT2D eigenvalue weighted by Gasteiger charge is -2.43.